The smallest absolute Gasteiger partial charge is 0.379 e. The Balaban J connectivity index is 3.90. The summed E-state index contributed by atoms with van der Waals surface area (Å²) < 4.78 is 42.0. The summed E-state index contributed by atoms with van der Waals surface area (Å²) in [5, 5.41) is 2.90. The average Bonchev–Trinajstić information content (AvgIpc) is 2.11. The van der Waals surface area contributed by atoms with Gasteiger partial charge < -0.3 is 10.1 Å². The summed E-state index contributed by atoms with van der Waals surface area (Å²) in [7, 11) is 0. The third-order valence-electron chi connectivity index (χ3n) is 2.08. The Labute approximate surface area is 95.5 Å². The summed E-state index contributed by atoms with van der Waals surface area (Å²) in [4.78, 5) is 0. The lowest BCUT2D eigenvalue weighted by Crippen LogP contribution is -2.35. The SMILES string of the molecule is CCCNC(CCOC(C)C)CC(F)(F)F. The fourth-order valence-corrected chi connectivity index (χ4v) is 1.35. The monoisotopic (exact) mass is 241 g/mol. The van der Waals surface area contributed by atoms with Crippen LogP contribution >= 0.6 is 0 Å². The molecule has 98 valence electrons. The van der Waals surface area contributed by atoms with Gasteiger partial charge in [-0.15, -0.1) is 0 Å². The van der Waals surface area contributed by atoms with Gasteiger partial charge in [-0.2, -0.15) is 13.2 Å². The molecule has 0 bridgehead atoms. The third-order valence-corrected chi connectivity index (χ3v) is 2.08. The molecule has 0 fully saturated rings. The molecule has 5 heteroatoms. The number of alkyl halides is 3. The lowest BCUT2D eigenvalue weighted by molar-refractivity contribution is -0.141. The summed E-state index contributed by atoms with van der Waals surface area (Å²) in [5.41, 5.74) is 0. The van der Waals surface area contributed by atoms with E-state index in [1.54, 1.807) is 0 Å². The summed E-state index contributed by atoms with van der Waals surface area (Å²) in [6.45, 7) is 6.66. The zero-order valence-electron chi connectivity index (χ0n) is 10.2. The Morgan fingerprint density at radius 1 is 1.25 bits per heavy atom. The van der Waals surface area contributed by atoms with E-state index < -0.39 is 18.6 Å². The first-order valence-corrected chi connectivity index (χ1v) is 5.77. The zero-order chi connectivity index (χ0) is 12.6. The van der Waals surface area contributed by atoms with E-state index in [0.717, 1.165) is 6.42 Å². The molecule has 1 atom stereocenters. The van der Waals surface area contributed by atoms with Crippen molar-refractivity contribution in [1.29, 1.82) is 0 Å². The molecule has 0 aromatic heterocycles. The van der Waals surface area contributed by atoms with E-state index in [-0.39, 0.29) is 6.10 Å². The Bertz CT molecular complexity index is 171. The number of halogens is 3. The standard InChI is InChI=1S/C11H22F3NO/c1-4-6-15-10(8-11(12,13)14)5-7-16-9(2)3/h9-10,15H,4-8H2,1-3H3. The van der Waals surface area contributed by atoms with Crippen LogP contribution in [-0.2, 0) is 4.74 Å². The Kier molecular flexibility index (Phi) is 7.76. The van der Waals surface area contributed by atoms with Gasteiger partial charge in [-0.05, 0) is 33.2 Å². The van der Waals surface area contributed by atoms with Crippen molar-refractivity contribution in [3.8, 4) is 0 Å². The number of ether oxygens (including phenoxy) is 1. The van der Waals surface area contributed by atoms with Crippen molar-refractivity contribution >= 4 is 0 Å². The van der Waals surface area contributed by atoms with Gasteiger partial charge in [-0.25, -0.2) is 0 Å². The molecule has 0 amide bonds. The molecule has 0 aliphatic carbocycles. The van der Waals surface area contributed by atoms with Crippen molar-refractivity contribution in [3.63, 3.8) is 0 Å². The van der Waals surface area contributed by atoms with Gasteiger partial charge in [0, 0.05) is 12.6 Å². The predicted octanol–water partition coefficient (Wildman–Crippen LogP) is 3.12. The van der Waals surface area contributed by atoms with Crippen molar-refractivity contribution in [3.05, 3.63) is 0 Å². The second-order valence-electron chi connectivity index (χ2n) is 4.18. The topological polar surface area (TPSA) is 21.3 Å². The minimum atomic E-state index is -4.11. The highest BCUT2D eigenvalue weighted by molar-refractivity contribution is 4.70. The minimum Gasteiger partial charge on any atom is -0.379 e. The molecular formula is C11H22F3NO. The van der Waals surface area contributed by atoms with Gasteiger partial charge in [0.2, 0.25) is 0 Å². The molecule has 2 nitrogen and oxygen atoms in total. The van der Waals surface area contributed by atoms with Crippen LogP contribution in [0.25, 0.3) is 0 Å². The first kappa shape index (κ1) is 15.7. The molecule has 0 spiro atoms. The molecule has 1 unspecified atom stereocenters. The third kappa shape index (κ3) is 10.2. The molecule has 16 heavy (non-hydrogen) atoms. The molecule has 0 aliphatic heterocycles. The zero-order valence-corrected chi connectivity index (χ0v) is 10.2. The largest absolute Gasteiger partial charge is 0.390 e. The summed E-state index contributed by atoms with van der Waals surface area (Å²) in [6.07, 6.45) is -3.59. The normalized spacial score (nSPS) is 14.4. The minimum absolute atomic E-state index is 0.0673. The molecule has 0 aliphatic rings. The van der Waals surface area contributed by atoms with E-state index in [1.807, 2.05) is 20.8 Å². The lowest BCUT2D eigenvalue weighted by Gasteiger charge is -2.20. The Morgan fingerprint density at radius 2 is 1.88 bits per heavy atom. The quantitative estimate of drug-likeness (QED) is 0.705. The number of hydrogen-bond donors (Lipinski definition) is 1. The van der Waals surface area contributed by atoms with Crippen LogP contribution in [0.4, 0.5) is 13.2 Å². The molecule has 1 N–H and O–H groups in total. The van der Waals surface area contributed by atoms with Crippen LogP contribution in [0.3, 0.4) is 0 Å². The number of rotatable bonds is 8. The van der Waals surface area contributed by atoms with Gasteiger partial charge >= 0.3 is 6.18 Å². The highest BCUT2D eigenvalue weighted by atomic mass is 19.4. The van der Waals surface area contributed by atoms with Gasteiger partial charge in [0.1, 0.15) is 0 Å². The highest BCUT2D eigenvalue weighted by Gasteiger charge is 2.31. The maximum atomic E-state index is 12.2. The maximum Gasteiger partial charge on any atom is 0.390 e. The molecule has 0 aromatic carbocycles. The van der Waals surface area contributed by atoms with E-state index in [4.69, 9.17) is 4.74 Å². The van der Waals surface area contributed by atoms with E-state index >= 15 is 0 Å². The van der Waals surface area contributed by atoms with Gasteiger partial charge in [0.05, 0.1) is 12.5 Å². The fraction of sp³-hybridized carbons (Fsp3) is 1.00. The van der Waals surface area contributed by atoms with Crippen LogP contribution < -0.4 is 5.32 Å². The number of hydrogen-bond acceptors (Lipinski definition) is 2. The highest BCUT2D eigenvalue weighted by Crippen LogP contribution is 2.22. The molecule has 0 rings (SSSR count). The Morgan fingerprint density at radius 3 is 2.31 bits per heavy atom. The molecule has 0 saturated carbocycles. The predicted molar refractivity (Wildman–Crippen MR) is 58.5 cm³/mol. The van der Waals surface area contributed by atoms with Gasteiger partial charge in [-0.3, -0.25) is 0 Å². The fourth-order valence-electron chi connectivity index (χ4n) is 1.35. The summed E-state index contributed by atoms with van der Waals surface area (Å²) in [6, 6.07) is -0.529. The summed E-state index contributed by atoms with van der Waals surface area (Å²) in [5.74, 6) is 0. The van der Waals surface area contributed by atoms with E-state index in [0.29, 0.717) is 19.6 Å². The molecule has 0 radical (unpaired) electrons. The second kappa shape index (κ2) is 7.90. The van der Waals surface area contributed by atoms with Crippen LogP contribution in [0.1, 0.15) is 40.0 Å². The second-order valence-corrected chi connectivity index (χ2v) is 4.18. The molecular weight excluding hydrogens is 219 g/mol. The van der Waals surface area contributed by atoms with Crippen LogP contribution in [0.2, 0.25) is 0 Å². The maximum absolute atomic E-state index is 12.2. The molecule has 0 aromatic rings. The molecule has 0 heterocycles. The van der Waals surface area contributed by atoms with Crippen LogP contribution in [-0.4, -0.2) is 31.5 Å². The molecule has 0 saturated heterocycles. The van der Waals surface area contributed by atoms with Crippen molar-refractivity contribution < 1.29 is 17.9 Å². The van der Waals surface area contributed by atoms with Crippen molar-refractivity contribution in [2.75, 3.05) is 13.2 Å². The van der Waals surface area contributed by atoms with Crippen molar-refractivity contribution in [2.45, 2.75) is 58.4 Å². The van der Waals surface area contributed by atoms with Crippen LogP contribution in [0.15, 0.2) is 0 Å². The Hall–Kier alpha value is -0.290. The van der Waals surface area contributed by atoms with E-state index in [9.17, 15) is 13.2 Å². The van der Waals surface area contributed by atoms with Gasteiger partial charge in [0.25, 0.3) is 0 Å². The number of nitrogens with one attached hydrogen (secondary N) is 1. The van der Waals surface area contributed by atoms with Crippen LogP contribution in [0, 0.1) is 0 Å². The van der Waals surface area contributed by atoms with Gasteiger partial charge in [0.15, 0.2) is 0 Å². The van der Waals surface area contributed by atoms with Crippen LogP contribution in [0.5, 0.6) is 0 Å². The van der Waals surface area contributed by atoms with E-state index in [1.165, 1.54) is 0 Å². The summed E-state index contributed by atoms with van der Waals surface area (Å²) >= 11 is 0. The first-order valence-electron chi connectivity index (χ1n) is 5.77. The van der Waals surface area contributed by atoms with Crippen molar-refractivity contribution in [2.24, 2.45) is 0 Å². The van der Waals surface area contributed by atoms with Crippen molar-refractivity contribution in [1.82, 2.24) is 5.32 Å². The van der Waals surface area contributed by atoms with E-state index in [2.05, 4.69) is 5.32 Å². The average molecular weight is 241 g/mol. The lowest BCUT2D eigenvalue weighted by atomic mass is 10.1. The van der Waals surface area contributed by atoms with Gasteiger partial charge in [-0.1, -0.05) is 6.92 Å². The first-order chi connectivity index (χ1) is 7.35.